The number of ether oxygens (including phenoxy) is 1. The van der Waals surface area contributed by atoms with Crippen molar-refractivity contribution in [1.82, 2.24) is 5.32 Å². The van der Waals surface area contributed by atoms with Crippen LogP contribution in [0.2, 0.25) is 0 Å². The Hall–Kier alpha value is -1.88. The second-order valence-electron chi connectivity index (χ2n) is 6.02. The van der Waals surface area contributed by atoms with Crippen molar-refractivity contribution in [2.75, 3.05) is 13.2 Å². The van der Waals surface area contributed by atoms with Crippen LogP contribution in [0.5, 0.6) is 5.75 Å². The SMILES string of the molecule is O=C(COc1ccc(F)cc1)NCC1(c2ccsc2)CCCC1. The van der Waals surface area contributed by atoms with E-state index in [1.807, 2.05) is 0 Å². The molecule has 2 aromatic rings. The van der Waals surface area contributed by atoms with Gasteiger partial charge in [-0.3, -0.25) is 4.79 Å². The Balaban J connectivity index is 1.52. The summed E-state index contributed by atoms with van der Waals surface area (Å²) >= 11 is 1.70. The molecule has 1 aliphatic rings. The van der Waals surface area contributed by atoms with Gasteiger partial charge in [-0.1, -0.05) is 12.8 Å². The summed E-state index contributed by atoms with van der Waals surface area (Å²) in [6, 6.07) is 7.84. The number of hydrogen-bond donors (Lipinski definition) is 1. The largest absolute Gasteiger partial charge is 0.484 e. The van der Waals surface area contributed by atoms with Gasteiger partial charge in [0.2, 0.25) is 0 Å². The van der Waals surface area contributed by atoms with Crippen LogP contribution in [0, 0.1) is 5.82 Å². The number of benzene rings is 1. The number of hydrogen-bond acceptors (Lipinski definition) is 3. The molecule has 1 fully saturated rings. The van der Waals surface area contributed by atoms with E-state index < -0.39 is 0 Å². The summed E-state index contributed by atoms with van der Waals surface area (Å²) in [6.07, 6.45) is 4.64. The van der Waals surface area contributed by atoms with Crippen molar-refractivity contribution in [3.63, 3.8) is 0 Å². The summed E-state index contributed by atoms with van der Waals surface area (Å²) < 4.78 is 18.2. The predicted molar refractivity (Wildman–Crippen MR) is 89.4 cm³/mol. The van der Waals surface area contributed by atoms with Crippen molar-refractivity contribution >= 4 is 17.2 Å². The van der Waals surface area contributed by atoms with Gasteiger partial charge < -0.3 is 10.1 Å². The van der Waals surface area contributed by atoms with Crippen molar-refractivity contribution in [1.29, 1.82) is 0 Å². The van der Waals surface area contributed by atoms with E-state index in [0.29, 0.717) is 12.3 Å². The lowest BCUT2D eigenvalue weighted by molar-refractivity contribution is -0.123. The zero-order valence-electron chi connectivity index (χ0n) is 12.9. The average molecular weight is 333 g/mol. The molecule has 1 amide bonds. The van der Waals surface area contributed by atoms with Gasteiger partial charge in [-0.15, -0.1) is 0 Å². The molecule has 1 heterocycles. The van der Waals surface area contributed by atoms with Gasteiger partial charge in [0.25, 0.3) is 5.91 Å². The first kappa shape index (κ1) is 16.0. The highest BCUT2D eigenvalue weighted by atomic mass is 32.1. The topological polar surface area (TPSA) is 38.3 Å². The molecule has 1 aromatic carbocycles. The highest BCUT2D eigenvalue weighted by Crippen LogP contribution is 2.41. The molecular formula is C18H20FNO2S. The van der Waals surface area contributed by atoms with Crippen molar-refractivity contribution < 1.29 is 13.9 Å². The Morgan fingerprint density at radius 2 is 1.96 bits per heavy atom. The Morgan fingerprint density at radius 1 is 1.22 bits per heavy atom. The molecule has 23 heavy (non-hydrogen) atoms. The second-order valence-corrected chi connectivity index (χ2v) is 6.80. The van der Waals surface area contributed by atoms with Gasteiger partial charge in [0.15, 0.2) is 6.61 Å². The lowest BCUT2D eigenvalue weighted by Crippen LogP contribution is -2.40. The molecule has 0 bridgehead atoms. The molecule has 5 heteroatoms. The zero-order valence-corrected chi connectivity index (χ0v) is 13.7. The molecule has 0 aliphatic heterocycles. The quantitative estimate of drug-likeness (QED) is 0.871. The second kappa shape index (κ2) is 7.13. The molecule has 0 atom stereocenters. The highest BCUT2D eigenvalue weighted by Gasteiger charge is 2.36. The Bertz CT molecular complexity index is 634. The average Bonchev–Trinajstić information content (AvgIpc) is 3.24. The predicted octanol–water partition coefficient (Wildman–Crippen LogP) is 3.89. The van der Waals surface area contributed by atoms with E-state index in [0.717, 1.165) is 12.8 Å². The fraction of sp³-hybridized carbons (Fsp3) is 0.389. The lowest BCUT2D eigenvalue weighted by atomic mass is 9.80. The van der Waals surface area contributed by atoms with Gasteiger partial charge in [-0.05, 0) is 59.5 Å². The smallest absolute Gasteiger partial charge is 0.257 e. The van der Waals surface area contributed by atoms with Crippen LogP contribution in [0.15, 0.2) is 41.1 Å². The van der Waals surface area contributed by atoms with Crippen molar-refractivity contribution in [3.8, 4) is 5.75 Å². The first-order valence-corrected chi connectivity index (χ1v) is 8.80. The highest BCUT2D eigenvalue weighted by molar-refractivity contribution is 7.08. The first-order chi connectivity index (χ1) is 11.2. The molecule has 0 radical (unpaired) electrons. The molecule has 3 rings (SSSR count). The van der Waals surface area contributed by atoms with E-state index in [2.05, 4.69) is 22.1 Å². The van der Waals surface area contributed by atoms with E-state index in [-0.39, 0.29) is 23.7 Å². The summed E-state index contributed by atoms with van der Waals surface area (Å²) in [5.74, 6) is 0.0338. The Kier molecular flexibility index (Phi) is 4.96. The molecule has 1 N–H and O–H groups in total. The monoisotopic (exact) mass is 333 g/mol. The van der Waals surface area contributed by atoms with Crippen molar-refractivity contribution in [3.05, 3.63) is 52.5 Å². The third-order valence-corrected chi connectivity index (χ3v) is 5.18. The third kappa shape index (κ3) is 3.91. The number of thiophene rings is 1. The van der Waals surface area contributed by atoms with E-state index in [1.165, 1.54) is 42.7 Å². The minimum atomic E-state index is -0.319. The first-order valence-electron chi connectivity index (χ1n) is 7.86. The van der Waals surface area contributed by atoms with Gasteiger partial charge in [-0.2, -0.15) is 11.3 Å². The molecule has 0 saturated heterocycles. The Labute approximate surface area is 139 Å². The summed E-state index contributed by atoms with van der Waals surface area (Å²) in [7, 11) is 0. The van der Waals surface area contributed by atoms with Crippen LogP contribution in [0.4, 0.5) is 4.39 Å². The van der Waals surface area contributed by atoms with Crippen LogP contribution in [0.25, 0.3) is 0 Å². The van der Waals surface area contributed by atoms with Crippen molar-refractivity contribution in [2.24, 2.45) is 0 Å². The number of nitrogens with one attached hydrogen (secondary N) is 1. The standard InChI is InChI=1S/C18H20FNO2S/c19-15-3-5-16(6-4-15)22-11-17(21)20-13-18(8-1-2-9-18)14-7-10-23-12-14/h3-7,10,12H,1-2,8-9,11,13H2,(H,20,21). The van der Waals surface area contributed by atoms with Crippen LogP contribution in [-0.2, 0) is 10.2 Å². The van der Waals surface area contributed by atoms with Gasteiger partial charge >= 0.3 is 0 Å². The van der Waals surface area contributed by atoms with E-state index >= 15 is 0 Å². The number of halogens is 1. The van der Waals surface area contributed by atoms with Crippen LogP contribution < -0.4 is 10.1 Å². The van der Waals surface area contributed by atoms with Crippen molar-refractivity contribution in [2.45, 2.75) is 31.1 Å². The maximum atomic E-state index is 12.8. The molecule has 1 aromatic heterocycles. The van der Waals surface area contributed by atoms with Gasteiger partial charge in [0.05, 0.1) is 0 Å². The lowest BCUT2D eigenvalue weighted by Gasteiger charge is -2.28. The third-order valence-electron chi connectivity index (χ3n) is 4.50. The molecular weight excluding hydrogens is 313 g/mol. The fourth-order valence-corrected chi connectivity index (χ4v) is 3.96. The van der Waals surface area contributed by atoms with E-state index in [4.69, 9.17) is 4.74 Å². The number of amides is 1. The number of carbonyl (C=O) groups is 1. The maximum absolute atomic E-state index is 12.8. The Morgan fingerprint density at radius 3 is 2.61 bits per heavy atom. The summed E-state index contributed by atoms with van der Waals surface area (Å²) in [5, 5.41) is 7.28. The normalized spacial score (nSPS) is 16.2. The van der Waals surface area contributed by atoms with Crippen LogP contribution in [0.3, 0.4) is 0 Å². The minimum Gasteiger partial charge on any atom is -0.484 e. The zero-order chi connectivity index (χ0) is 16.1. The van der Waals surface area contributed by atoms with Crippen LogP contribution in [-0.4, -0.2) is 19.1 Å². The van der Waals surface area contributed by atoms with Gasteiger partial charge in [0.1, 0.15) is 11.6 Å². The number of carbonyl (C=O) groups excluding carboxylic acids is 1. The van der Waals surface area contributed by atoms with Gasteiger partial charge in [0, 0.05) is 12.0 Å². The molecule has 1 saturated carbocycles. The van der Waals surface area contributed by atoms with Gasteiger partial charge in [-0.25, -0.2) is 4.39 Å². The maximum Gasteiger partial charge on any atom is 0.257 e. The van der Waals surface area contributed by atoms with Crippen LogP contribution >= 0.6 is 11.3 Å². The summed E-state index contributed by atoms with van der Waals surface area (Å²) in [5.41, 5.74) is 1.41. The molecule has 1 aliphatic carbocycles. The van der Waals surface area contributed by atoms with Crippen LogP contribution in [0.1, 0.15) is 31.2 Å². The summed E-state index contributed by atoms with van der Waals surface area (Å²) in [4.78, 5) is 12.0. The molecule has 122 valence electrons. The fourth-order valence-electron chi connectivity index (χ4n) is 3.18. The van der Waals surface area contributed by atoms with E-state index in [1.54, 1.807) is 11.3 Å². The molecule has 0 spiro atoms. The summed E-state index contributed by atoms with van der Waals surface area (Å²) in [6.45, 7) is 0.598. The minimum absolute atomic E-state index is 0.0502. The molecule has 3 nitrogen and oxygen atoms in total. The molecule has 0 unspecified atom stereocenters. The number of rotatable bonds is 6. The van der Waals surface area contributed by atoms with E-state index in [9.17, 15) is 9.18 Å².